The van der Waals surface area contributed by atoms with Crippen LogP contribution in [-0.2, 0) is 9.59 Å². The average molecular weight is 495 g/mol. The van der Waals surface area contributed by atoms with Gasteiger partial charge in [-0.05, 0) is 53.8 Å². The summed E-state index contributed by atoms with van der Waals surface area (Å²) in [5.41, 5.74) is 6.16. The van der Waals surface area contributed by atoms with Crippen molar-refractivity contribution >= 4 is 34.4 Å². The van der Waals surface area contributed by atoms with Gasteiger partial charge in [-0.25, -0.2) is 0 Å². The molecular weight excluding hydrogens is 460 g/mol. The van der Waals surface area contributed by atoms with Crippen LogP contribution in [0.3, 0.4) is 0 Å². The Labute approximate surface area is 219 Å². The summed E-state index contributed by atoms with van der Waals surface area (Å²) in [6.07, 6.45) is 1.24. The van der Waals surface area contributed by atoms with Crippen LogP contribution in [0.15, 0.2) is 90.1 Å². The molecule has 1 atom stereocenters. The van der Waals surface area contributed by atoms with Crippen molar-refractivity contribution < 1.29 is 9.59 Å². The Balaban J connectivity index is 1.64. The number of hydrogen-bond acceptors (Lipinski definition) is 5. The minimum absolute atomic E-state index is 0.0984. The lowest BCUT2D eigenvalue weighted by molar-refractivity contribution is -0.119. The van der Waals surface area contributed by atoms with E-state index in [0.29, 0.717) is 6.42 Å². The summed E-state index contributed by atoms with van der Waals surface area (Å²) in [5, 5.41) is 6.63. The van der Waals surface area contributed by atoms with Gasteiger partial charge in [0.25, 0.3) is 0 Å². The number of fused-ring (bicyclic) bond motifs is 1. The highest BCUT2D eigenvalue weighted by molar-refractivity contribution is 6.02. The summed E-state index contributed by atoms with van der Waals surface area (Å²) >= 11 is 0. The number of rotatable bonds is 5. The first-order chi connectivity index (χ1) is 17.7. The van der Waals surface area contributed by atoms with E-state index in [4.69, 9.17) is 0 Å². The first kappa shape index (κ1) is 24.6. The Hall–Kier alpha value is -4.06. The molecule has 0 saturated heterocycles. The Kier molecular flexibility index (Phi) is 6.50. The molecule has 0 aromatic heterocycles. The molecule has 6 nitrogen and oxygen atoms in total. The average Bonchev–Trinajstić information content (AvgIpc) is 2.98. The Morgan fingerprint density at radius 2 is 1.65 bits per heavy atom. The van der Waals surface area contributed by atoms with Crippen molar-refractivity contribution in [2.24, 2.45) is 5.41 Å². The van der Waals surface area contributed by atoms with Gasteiger partial charge < -0.3 is 20.4 Å². The van der Waals surface area contributed by atoms with Gasteiger partial charge in [-0.2, -0.15) is 0 Å². The van der Waals surface area contributed by atoms with Gasteiger partial charge in [-0.15, -0.1) is 0 Å². The van der Waals surface area contributed by atoms with Crippen LogP contribution in [0, 0.1) is 5.41 Å². The van der Waals surface area contributed by atoms with Gasteiger partial charge in [0.15, 0.2) is 5.78 Å². The minimum atomic E-state index is -0.396. The Bertz CT molecular complexity index is 1340. The van der Waals surface area contributed by atoms with Crippen LogP contribution in [0.4, 0.5) is 22.7 Å². The number of amides is 1. The molecule has 3 aromatic rings. The first-order valence-electron chi connectivity index (χ1n) is 12.7. The van der Waals surface area contributed by atoms with E-state index in [2.05, 4.69) is 58.5 Å². The van der Waals surface area contributed by atoms with E-state index in [1.165, 1.54) is 0 Å². The van der Waals surface area contributed by atoms with Crippen LogP contribution in [-0.4, -0.2) is 32.3 Å². The zero-order valence-electron chi connectivity index (χ0n) is 21.9. The number of hydrogen-bond donors (Lipinski definition) is 2. The standard InChI is InChI=1S/C31H34N4O2/c1-31(2)18-25-29(27(36)19-31)30(21-14-16-23(17-15-21)34(3)4)35(26-13-9-8-12-24(26)33-25)20-28(37)32-22-10-6-5-7-11-22/h5-17,30,33H,18-20H2,1-4H3,(H,32,37). The summed E-state index contributed by atoms with van der Waals surface area (Å²) < 4.78 is 0. The molecule has 190 valence electrons. The third-order valence-electron chi connectivity index (χ3n) is 7.10. The quantitative estimate of drug-likeness (QED) is 0.455. The SMILES string of the molecule is CN(C)c1ccc(C2C3=C(CC(C)(C)CC3=O)Nc3ccccc3N2CC(=O)Nc2ccccc2)cc1. The molecule has 0 fully saturated rings. The highest BCUT2D eigenvalue weighted by Gasteiger charge is 2.41. The maximum atomic E-state index is 13.8. The normalized spacial score (nSPS) is 18.3. The van der Waals surface area contributed by atoms with E-state index in [1.54, 1.807) is 0 Å². The number of Topliss-reactive ketones (excluding diaryl/α,β-unsaturated/α-hetero) is 1. The molecule has 5 rings (SSSR count). The van der Waals surface area contributed by atoms with Crippen LogP contribution < -0.4 is 20.4 Å². The number of para-hydroxylation sites is 3. The number of carbonyl (C=O) groups is 2. The molecule has 1 unspecified atom stereocenters. The van der Waals surface area contributed by atoms with Gasteiger partial charge in [0.2, 0.25) is 5.91 Å². The number of nitrogens with zero attached hydrogens (tertiary/aromatic N) is 2. The fourth-order valence-corrected chi connectivity index (χ4v) is 5.41. The maximum Gasteiger partial charge on any atom is 0.243 e. The topological polar surface area (TPSA) is 64.7 Å². The number of allylic oxidation sites excluding steroid dienone is 1. The van der Waals surface area contributed by atoms with Crippen LogP contribution in [0.25, 0.3) is 0 Å². The van der Waals surface area contributed by atoms with Gasteiger partial charge in [0.1, 0.15) is 0 Å². The summed E-state index contributed by atoms with van der Waals surface area (Å²) in [7, 11) is 4.02. The van der Waals surface area contributed by atoms with Gasteiger partial charge >= 0.3 is 0 Å². The van der Waals surface area contributed by atoms with Crippen molar-refractivity contribution in [1.82, 2.24) is 0 Å². The summed E-state index contributed by atoms with van der Waals surface area (Å²) in [6.45, 7) is 4.37. The molecule has 0 spiro atoms. The lowest BCUT2D eigenvalue weighted by Crippen LogP contribution is -2.40. The zero-order chi connectivity index (χ0) is 26.2. The van der Waals surface area contributed by atoms with Gasteiger partial charge in [-0.1, -0.05) is 56.3 Å². The fraction of sp³-hybridized carbons (Fsp3) is 0.290. The molecular formula is C31H34N4O2. The largest absolute Gasteiger partial charge is 0.378 e. The molecule has 6 heteroatoms. The molecule has 0 saturated carbocycles. The van der Waals surface area contributed by atoms with Crippen molar-refractivity contribution in [3.8, 4) is 0 Å². The third kappa shape index (κ3) is 5.10. The third-order valence-corrected chi connectivity index (χ3v) is 7.10. The lowest BCUT2D eigenvalue weighted by Gasteiger charge is -2.38. The van der Waals surface area contributed by atoms with Gasteiger partial charge in [0.05, 0.1) is 24.0 Å². The van der Waals surface area contributed by atoms with Crippen LogP contribution >= 0.6 is 0 Å². The Morgan fingerprint density at radius 3 is 2.35 bits per heavy atom. The molecule has 2 aliphatic rings. The van der Waals surface area contributed by atoms with Crippen LogP contribution in [0.1, 0.15) is 38.3 Å². The predicted octanol–water partition coefficient (Wildman–Crippen LogP) is 6.01. The lowest BCUT2D eigenvalue weighted by atomic mass is 9.73. The van der Waals surface area contributed by atoms with Gasteiger partial charge in [-0.3, -0.25) is 9.59 Å². The second-order valence-electron chi connectivity index (χ2n) is 10.9. The van der Waals surface area contributed by atoms with Crippen molar-refractivity contribution in [3.63, 3.8) is 0 Å². The molecule has 37 heavy (non-hydrogen) atoms. The van der Waals surface area contributed by atoms with Crippen molar-refractivity contribution in [3.05, 3.63) is 95.7 Å². The molecule has 1 aliphatic carbocycles. The molecule has 1 amide bonds. The number of nitrogens with one attached hydrogen (secondary N) is 2. The maximum absolute atomic E-state index is 13.8. The molecule has 0 radical (unpaired) electrons. The van der Waals surface area contributed by atoms with E-state index in [-0.39, 0.29) is 23.7 Å². The molecule has 1 heterocycles. The minimum Gasteiger partial charge on any atom is -0.378 e. The smallest absolute Gasteiger partial charge is 0.243 e. The predicted molar refractivity (Wildman–Crippen MR) is 151 cm³/mol. The summed E-state index contributed by atoms with van der Waals surface area (Å²) in [5.74, 6) is -0.00902. The number of anilines is 4. The number of benzene rings is 3. The second kappa shape index (κ2) is 9.77. The van der Waals surface area contributed by atoms with Crippen molar-refractivity contribution in [1.29, 1.82) is 0 Å². The zero-order valence-corrected chi connectivity index (χ0v) is 21.9. The van der Waals surface area contributed by atoms with Crippen LogP contribution in [0.2, 0.25) is 0 Å². The van der Waals surface area contributed by atoms with E-state index in [9.17, 15) is 9.59 Å². The second-order valence-corrected chi connectivity index (χ2v) is 10.9. The number of carbonyl (C=O) groups excluding carboxylic acids is 2. The molecule has 2 N–H and O–H groups in total. The number of ketones is 1. The van der Waals surface area contributed by atoms with Gasteiger partial charge in [0, 0.05) is 43.2 Å². The first-order valence-corrected chi connectivity index (χ1v) is 12.7. The van der Waals surface area contributed by atoms with Crippen LogP contribution in [0.5, 0.6) is 0 Å². The van der Waals surface area contributed by atoms with E-state index in [0.717, 1.165) is 46.0 Å². The van der Waals surface area contributed by atoms with Crippen molar-refractivity contribution in [2.75, 3.05) is 41.1 Å². The highest BCUT2D eigenvalue weighted by atomic mass is 16.2. The summed E-state index contributed by atoms with van der Waals surface area (Å²) in [4.78, 5) is 31.3. The summed E-state index contributed by atoms with van der Waals surface area (Å²) in [6, 6.07) is 25.4. The highest BCUT2D eigenvalue weighted by Crippen LogP contribution is 2.48. The van der Waals surface area contributed by atoms with E-state index >= 15 is 0 Å². The molecule has 0 bridgehead atoms. The fourth-order valence-electron chi connectivity index (χ4n) is 5.41. The monoisotopic (exact) mass is 494 g/mol. The van der Waals surface area contributed by atoms with E-state index in [1.807, 2.05) is 68.7 Å². The van der Waals surface area contributed by atoms with E-state index < -0.39 is 6.04 Å². The Morgan fingerprint density at radius 1 is 0.973 bits per heavy atom. The van der Waals surface area contributed by atoms with Crippen molar-refractivity contribution in [2.45, 2.75) is 32.7 Å². The molecule has 1 aliphatic heterocycles. The molecule has 3 aromatic carbocycles.